The van der Waals surface area contributed by atoms with Crippen LogP contribution in [0.15, 0.2) is 24.3 Å². The number of epoxide rings is 2. The van der Waals surface area contributed by atoms with Crippen LogP contribution in [0.25, 0.3) is 0 Å². The van der Waals surface area contributed by atoms with Gasteiger partial charge in [0.2, 0.25) is 0 Å². The van der Waals surface area contributed by atoms with Gasteiger partial charge in [-0.15, -0.1) is 0 Å². The number of ether oxygens (including phenoxy) is 4. The van der Waals surface area contributed by atoms with Crippen molar-refractivity contribution in [1.82, 2.24) is 0 Å². The molecule has 4 unspecified atom stereocenters. The highest BCUT2D eigenvalue weighted by molar-refractivity contribution is 5.58. The number of hydrogen-bond donors (Lipinski definition) is 0. The number of benzene rings is 2. The zero-order valence-corrected chi connectivity index (χ0v) is 47.2. The van der Waals surface area contributed by atoms with Crippen molar-refractivity contribution in [1.29, 1.82) is 0 Å². The molecule has 2 heterocycles. The van der Waals surface area contributed by atoms with Crippen LogP contribution in [-0.4, -0.2) is 38.6 Å². The summed E-state index contributed by atoms with van der Waals surface area (Å²) < 4.78 is 25.8. The van der Waals surface area contributed by atoms with E-state index in [1.54, 1.807) is 0 Å². The summed E-state index contributed by atoms with van der Waals surface area (Å²) in [4.78, 5) is 0. The zero-order valence-electron chi connectivity index (χ0n) is 47.2. The fourth-order valence-electron chi connectivity index (χ4n) is 12.5. The van der Waals surface area contributed by atoms with Gasteiger partial charge in [-0.1, -0.05) is 190 Å². The molecule has 2 aliphatic heterocycles. The van der Waals surface area contributed by atoms with Gasteiger partial charge in [0, 0.05) is 27.7 Å². The summed E-state index contributed by atoms with van der Waals surface area (Å²) in [5.41, 5.74) is 7.76. The molecule has 2 aromatic carbocycles. The summed E-state index contributed by atoms with van der Waals surface area (Å²) in [5.74, 6) is 3.37. The third-order valence-corrected chi connectivity index (χ3v) is 14.5. The van der Waals surface area contributed by atoms with Crippen LogP contribution in [0.1, 0.15) is 251 Å². The van der Waals surface area contributed by atoms with Gasteiger partial charge in [-0.25, -0.2) is 0 Å². The van der Waals surface area contributed by atoms with Crippen LogP contribution >= 0.6 is 0 Å². The van der Waals surface area contributed by atoms with Crippen LogP contribution in [0.3, 0.4) is 0 Å². The fraction of sp³-hybridized carbons (Fsp3) is 0.803. The second-order valence-electron chi connectivity index (χ2n) is 29.6. The van der Waals surface area contributed by atoms with Crippen LogP contribution in [0.5, 0.6) is 11.5 Å². The van der Waals surface area contributed by atoms with E-state index in [1.165, 1.54) is 33.4 Å². The van der Waals surface area contributed by atoms with Gasteiger partial charge in [-0.05, 0) is 118 Å². The van der Waals surface area contributed by atoms with Gasteiger partial charge < -0.3 is 18.9 Å². The van der Waals surface area contributed by atoms with Crippen LogP contribution in [0.4, 0.5) is 0 Å². The third-order valence-electron chi connectivity index (χ3n) is 14.5. The molecule has 4 atom stereocenters. The van der Waals surface area contributed by atoms with Gasteiger partial charge in [0.15, 0.2) is 0 Å². The summed E-state index contributed by atoms with van der Waals surface area (Å²) >= 11 is 0. The lowest BCUT2D eigenvalue weighted by Crippen LogP contribution is -2.32. The Bertz CT molecular complexity index is 1640. The standard InChI is InChI=1S/C61H104O4/c1-41(49-35-64-49)27-25-29-62-51-45(57(15,16)37-53(3,4)5)31-43(32-46(51)58(17,18)38-54(6,7)8)61(23,24)44-33-47(59(19,20)39-55(9,10)11)52(63-30-26-28-42(2)50-36-65-50)48(34-44)60(21,22)40-56(12,13)14/h31-34,41-42,49-50H,25-30,35-40H2,1-24H3. The minimum absolute atomic E-state index is 0.133. The van der Waals surface area contributed by atoms with Crippen molar-refractivity contribution >= 4 is 0 Å². The number of rotatable bonds is 22. The minimum Gasteiger partial charge on any atom is -0.493 e. The van der Waals surface area contributed by atoms with Crippen molar-refractivity contribution in [3.05, 3.63) is 57.6 Å². The first kappa shape index (κ1) is 55.6. The molecule has 4 rings (SSSR count). The third kappa shape index (κ3) is 16.0. The van der Waals surface area contributed by atoms with Gasteiger partial charge in [-0.2, -0.15) is 0 Å². The van der Waals surface area contributed by atoms with Crippen molar-refractivity contribution in [3.63, 3.8) is 0 Å². The smallest absolute Gasteiger partial charge is 0.126 e. The molecule has 4 heteroatoms. The lowest BCUT2D eigenvalue weighted by molar-refractivity contribution is 0.240. The summed E-state index contributed by atoms with van der Waals surface area (Å²) in [5, 5.41) is 0. The Kier molecular flexibility index (Phi) is 16.9. The quantitative estimate of drug-likeness (QED) is 0.0872. The van der Waals surface area contributed by atoms with Crippen LogP contribution < -0.4 is 9.47 Å². The van der Waals surface area contributed by atoms with Crippen LogP contribution in [0, 0.1) is 33.5 Å². The Morgan fingerprint density at radius 2 is 0.662 bits per heavy atom. The molecule has 0 radical (unpaired) electrons. The second kappa shape index (κ2) is 19.8. The maximum atomic E-state index is 7.24. The molecular formula is C61H104O4. The van der Waals surface area contributed by atoms with Crippen LogP contribution in [-0.2, 0) is 36.5 Å². The highest BCUT2D eigenvalue weighted by Crippen LogP contribution is 2.53. The normalized spacial score (nSPS) is 19.0. The van der Waals surface area contributed by atoms with Crippen molar-refractivity contribution in [2.75, 3.05) is 26.4 Å². The summed E-state index contributed by atoms with van der Waals surface area (Å²) in [7, 11) is 0. The van der Waals surface area contributed by atoms with Crippen molar-refractivity contribution < 1.29 is 18.9 Å². The maximum absolute atomic E-state index is 7.24. The summed E-state index contributed by atoms with van der Waals surface area (Å²) in [6.07, 6.45) is 9.32. The molecular weight excluding hydrogens is 797 g/mol. The summed E-state index contributed by atoms with van der Waals surface area (Å²) in [6, 6.07) is 10.3. The molecule has 0 spiro atoms. The highest BCUT2D eigenvalue weighted by Gasteiger charge is 2.42. The van der Waals surface area contributed by atoms with Crippen LogP contribution in [0.2, 0.25) is 0 Å². The lowest BCUT2D eigenvalue weighted by atomic mass is 9.64. The molecule has 2 saturated heterocycles. The van der Waals surface area contributed by atoms with Gasteiger partial charge in [0.05, 0.1) is 38.6 Å². The molecule has 0 aromatic heterocycles. The van der Waals surface area contributed by atoms with E-state index in [0.717, 1.165) is 76.1 Å². The van der Waals surface area contributed by atoms with Gasteiger partial charge >= 0.3 is 0 Å². The van der Waals surface area contributed by atoms with Gasteiger partial charge in [0.1, 0.15) is 11.5 Å². The molecule has 2 fully saturated rings. The highest BCUT2D eigenvalue weighted by atomic mass is 16.6. The molecule has 4 nitrogen and oxygen atoms in total. The van der Waals surface area contributed by atoms with E-state index in [-0.39, 0.29) is 48.7 Å². The molecule has 0 aliphatic carbocycles. The Labute approximate surface area is 403 Å². The first-order chi connectivity index (χ1) is 29.2. The molecule has 0 amide bonds. The average Bonchev–Trinajstić information content (AvgIpc) is 4.01. The van der Waals surface area contributed by atoms with E-state index >= 15 is 0 Å². The van der Waals surface area contributed by atoms with E-state index in [1.807, 2.05) is 0 Å². The molecule has 0 N–H and O–H groups in total. The largest absolute Gasteiger partial charge is 0.493 e. The van der Waals surface area contributed by atoms with Gasteiger partial charge in [-0.3, -0.25) is 0 Å². The lowest BCUT2D eigenvalue weighted by Gasteiger charge is -2.42. The fourth-order valence-corrected chi connectivity index (χ4v) is 12.5. The molecule has 2 aromatic rings. The van der Waals surface area contributed by atoms with E-state index < -0.39 is 0 Å². The van der Waals surface area contributed by atoms with E-state index in [9.17, 15) is 0 Å². The van der Waals surface area contributed by atoms with E-state index in [0.29, 0.717) is 37.3 Å². The molecule has 0 saturated carbocycles. The van der Waals surface area contributed by atoms with Crippen molar-refractivity contribution in [2.24, 2.45) is 33.5 Å². The Hall–Kier alpha value is -2.04. The molecule has 2 aliphatic rings. The van der Waals surface area contributed by atoms with Crippen molar-refractivity contribution in [2.45, 2.75) is 257 Å². The second-order valence-corrected chi connectivity index (χ2v) is 29.6. The predicted molar refractivity (Wildman–Crippen MR) is 281 cm³/mol. The number of hydrogen-bond acceptors (Lipinski definition) is 4. The Morgan fingerprint density at radius 3 is 0.862 bits per heavy atom. The van der Waals surface area contributed by atoms with E-state index in [4.69, 9.17) is 18.9 Å². The predicted octanol–water partition coefficient (Wildman–Crippen LogP) is 17.3. The zero-order chi connectivity index (χ0) is 49.6. The average molecular weight is 901 g/mol. The monoisotopic (exact) mass is 901 g/mol. The maximum Gasteiger partial charge on any atom is 0.126 e. The minimum atomic E-state index is -0.339. The summed E-state index contributed by atoms with van der Waals surface area (Å²) in [6.45, 7) is 61.3. The Morgan fingerprint density at radius 1 is 0.431 bits per heavy atom. The van der Waals surface area contributed by atoms with E-state index in [2.05, 4.69) is 190 Å². The molecule has 0 bridgehead atoms. The first-order valence-corrected chi connectivity index (χ1v) is 26.1. The molecule has 372 valence electrons. The SMILES string of the molecule is CC(CCCOc1c(C(C)(C)CC(C)(C)C)cc(C(C)(C)c2cc(C(C)(C)CC(C)(C)C)c(OCCCC(C)C3CO3)c(C(C)(C)CC(C)(C)C)c2)cc1C(C)(C)CC(C)(C)C)C1CO1. The topological polar surface area (TPSA) is 43.5 Å². The Balaban J connectivity index is 2.05. The first-order valence-electron chi connectivity index (χ1n) is 26.1. The van der Waals surface area contributed by atoms with Crippen molar-refractivity contribution in [3.8, 4) is 11.5 Å². The molecule has 65 heavy (non-hydrogen) atoms. The van der Waals surface area contributed by atoms with Gasteiger partial charge in [0.25, 0.3) is 0 Å².